The Hall–Kier alpha value is -0.770. The average Bonchev–Trinajstić information content (AvgIpc) is 2.74. The topological polar surface area (TPSA) is 62.4 Å². The van der Waals surface area contributed by atoms with Crippen LogP contribution < -0.4 is 16.6 Å². The zero-order chi connectivity index (χ0) is 11.8. The molecule has 0 saturated heterocycles. The Labute approximate surface area is 103 Å². The van der Waals surface area contributed by atoms with Gasteiger partial charge in [0.05, 0.1) is 0 Å². The van der Waals surface area contributed by atoms with Gasteiger partial charge >= 0.3 is 0 Å². The van der Waals surface area contributed by atoms with Crippen molar-refractivity contribution < 1.29 is 0 Å². The third-order valence-corrected chi connectivity index (χ3v) is 4.96. The summed E-state index contributed by atoms with van der Waals surface area (Å²) in [6.07, 6.45) is 6.73. The minimum Gasteiger partial charge on any atom is -0.352 e. The Balaban J connectivity index is 1.52. The lowest BCUT2D eigenvalue weighted by Gasteiger charge is -2.13. The summed E-state index contributed by atoms with van der Waals surface area (Å²) >= 11 is 0. The monoisotopic (exact) mass is 236 g/mol. The summed E-state index contributed by atoms with van der Waals surface area (Å²) in [5.41, 5.74) is 2.71. The summed E-state index contributed by atoms with van der Waals surface area (Å²) in [6.45, 7) is 3.05. The molecule has 4 heteroatoms. The van der Waals surface area contributed by atoms with Gasteiger partial charge in [0.25, 0.3) is 0 Å². The Kier molecular flexibility index (Phi) is 2.99. The zero-order valence-corrected chi connectivity index (χ0v) is 10.7. The second-order valence-corrected chi connectivity index (χ2v) is 5.89. The van der Waals surface area contributed by atoms with Gasteiger partial charge in [0.2, 0.25) is 5.96 Å². The van der Waals surface area contributed by atoms with Crippen molar-refractivity contribution in [3.63, 3.8) is 0 Å². The number of nitrogens with zero attached hydrogens (tertiary/aromatic N) is 1. The molecular weight excluding hydrogens is 212 g/mol. The molecule has 4 unspecified atom stereocenters. The number of unbranched alkanes of at least 4 members (excludes halogenated alkanes) is 1. The van der Waals surface area contributed by atoms with Crippen LogP contribution in [-0.2, 0) is 0 Å². The van der Waals surface area contributed by atoms with E-state index in [9.17, 15) is 0 Å². The molecule has 0 aromatic rings. The second kappa shape index (κ2) is 4.48. The van der Waals surface area contributed by atoms with Gasteiger partial charge in [-0.25, -0.2) is 5.84 Å². The highest BCUT2D eigenvalue weighted by Crippen LogP contribution is 2.65. The smallest absolute Gasteiger partial charge is 0.205 e. The van der Waals surface area contributed by atoms with Crippen LogP contribution in [0.2, 0.25) is 0 Å². The number of fused-ring (bicyclic) bond motifs is 5. The highest BCUT2D eigenvalue weighted by molar-refractivity contribution is 5.80. The van der Waals surface area contributed by atoms with Crippen LogP contribution in [-0.4, -0.2) is 18.5 Å². The summed E-state index contributed by atoms with van der Waals surface area (Å²) in [5, 5.41) is 3.52. The van der Waals surface area contributed by atoms with Crippen LogP contribution in [0, 0.1) is 23.7 Å². The van der Waals surface area contributed by atoms with E-state index in [0.29, 0.717) is 6.04 Å². The molecule has 4 N–H and O–H groups in total. The lowest BCUT2D eigenvalue weighted by Crippen LogP contribution is -2.44. The number of hydrazine groups is 1. The maximum atomic E-state index is 5.52. The van der Waals surface area contributed by atoms with Crippen LogP contribution in [0.4, 0.5) is 0 Å². The molecule has 3 rings (SSSR count). The molecule has 0 aromatic heterocycles. The van der Waals surface area contributed by atoms with E-state index in [4.69, 9.17) is 5.84 Å². The number of nitrogens with one attached hydrogen (secondary N) is 2. The lowest BCUT2D eigenvalue weighted by atomic mass is 10.0. The lowest BCUT2D eigenvalue weighted by molar-refractivity contribution is 0.456. The van der Waals surface area contributed by atoms with E-state index in [2.05, 4.69) is 22.7 Å². The predicted octanol–water partition coefficient (Wildman–Crippen LogP) is 1.24. The van der Waals surface area contributed by atoms with Crippen molar-refractivity contribution in [3.05, 3.63) is 0 Å². The maximum Gasteiger partial charge on any atom is 0.205 e. The molecule has 3 aliphatic rings. The molecule has 0 amide bonds. The van der Waals surface area contributed by atoms with Crippen molar-refractivity contribution in [2.45, 2.75) is 45.1 Å². The van der Waals surface area contributed by atoms with Gasteiger partial charge in [-0.1, -0.05) is 13.3 Å². The number of rotatable bonds is 4. The fraction of sp³-hybridized carbons (Fsp3) is 0.923. The van der Waals surface area contributed by atoms with Gasteiger partial charge in [-0.15, -0.1) is 0 Å². The Morgan fingerprint density at radius 3 is 2.59 bits per heavy atom. The van der Waals surface area contributed by atoms with Crippen molar-refractivity contribution in [3.8, 4) is 0 Å². The van der Waals surface area contributed by atoms with Crippen LogP contribution in [0.15, 0.2) is 4.99 Å². The Morgan fingerprint density at radius 2 is 2.00 bits per heavy atom. The molecule has 3 fully saturated rings. The van der Waals surface area contributed by atoms with Crippen molar-refractivity contribution in [2.24, 2.45) is 34.5 Å². The predicted molar refractivity (Wildman–Crippen MR) is 69.3 cm³/mol. The maximum absolute atomic E-state index is 5.52. The van der Waals surface area contributed by atoms with Crippen molar-refractivity contribution in [1.29, 1.82) is 0 Å². The SMILES string of the molecule is CCCCN=C(NN)NC1C2C3CCC(C3)C12. The van der Waals surface area contributed by atoms with Gasteiger partial charge < -0.3 is 5.32 Å². The van der Waals surface area contributed by atoms with Crippen molar-refractivity contribution >= 4 is 5.96 Å². The first-order valence-electron chi connectivity index (χ1n) is 7.12. The Morgan fingerprint density at radius 1 is 1.29 bits per heavy atom. The second-order valence-electron chi connectivity index (χ2n) is 5.89. The number of guanidine groups is 1. The molecule has 2 bridgehead atoms. The largest absolute Gasteiger partial charge is 0.352 e. The van der Waals surface area contributed by atoms with E-state index < -0.39 is 0 Å². The number of hydrogen-bond donors (Lipinski definition) is 3. The fourth-order valence-corrected chi connectivity index (χ4v) is 4.16. The molecule has 3 saturated carbocycles. The minimum absolute atomic E-state index is 0.665. The molecule has 0 aromatic carbocycles. The highest BCUT2D eigenvalue weighted by Gasteiger charge is 2.65. The van der Waals surface area contributed by atoms with E-state index in [1.165, 1.54) is 25.7 Å². The summed E-state index contributed by atoms with van der Waals surface area (Å²) in [4.78, 5) is 4.48. The minimum atomic E-state index is 0.665. The average molecular weight is 236 g/mol. The highest BCUT2D eigenvalue weighted by atomic mass is 15.3. The Bertz CT molecular complexity index is 299. The number of hydrogen-bond acceptors (Lipinski definition) is 2. The molecule has 4 nitrogen and oxygen atoms in total. The molecular formula is C13H24N4. The standard InChI is InChI=1S/C13H24N4/c1-2-3-6-15-13(17-14)16-12-10-8-4-5-9(7-8)11(10)12/h8-12H,2-7,14H2,1H3,(H2,15,16,17). The van der Waals surface area contributed by atoms with Crippen LogP contribution in [0.25, 0.3) is 0 Å². The third-order valence-electron chi connectivity index (χ3n) is 4.96. The first-order valence-corrected chi connectivity index (χ1v) is 7.12. The first-order chi connectivity index (χ1) is 8.35. The van der Waals surface area contributed by atoms with E-state index >= 15 is 0 Å². The molecule has 0 radical (unpaired) electrons. The molecule has 0 spiro atoms. The first kappa shape index (κ1) is 11.3. The molecule has 0 heterocycles. The normalized spacial score (nSPS) is 42.5. The zero-order valence-electron chi connectivity index (χ0n) is 10.7. The summed E-state index contributed by atoms with van der Waals surface area (Å²) in [5.74, 6) is 10.2. The van der Waals surface area contributed by atoms with Gasteiger partial charge in [-0.3, -0.25) is 10.4 Å². The molecule has 3 aliphatic carbocycles. The van der Waals surface area contributed by atoms with Gasteiger partial charge in [0, 0.05) is 12.6 Å². The van der Waals surface area contributed by atoms with Crippen LogP contribution in [0.3, 0.4) is 0 Å². The number of nitrogens with two attached hydrogens (primary N) is 1. The van der Waals surface area contributed by atoms with Crippen LogP contribution in [0.1, 0.15) is 39.0 Å². The van der Waals surface area contributed by atoms with Gasteiger partial charge in [-0.2, -0.15) is 0 Å². The third kappa shape index (κ3) is 1.92. The van der Waals surface area contributed by atoms with Gasteiger partial charge in [-0.05, 0) is 49.4 Å². The summed E-state index contributed by atoms with van der Waals surface area (Å²) in [6, 6.07) is 0.665. The summed E-state index contributed by atoms with van der Waals surface area (Å²) < 4.78 is 0. The molecule has 17 heavy (non-hydrogen) atoms. The molecule has 0 aliphatic heterocycles. The molecule has 4 atom stereocenters. The van der Waals surface area contributed by atoms with Gasteiger partial charge in [0.1, 0.15) is 0 Å². The van der Waals surface area contributed by atoms with E-state index in [1.807, 2.05) is 0 Å². The fourth-order valence-electron chi connectivity index (χ4n) is 4.16. The van der Waals surface area contributed by atoms with E-state index in [0.717, 1.165) is 42.6 Å². The van der Waals surface area contributed by atoms with Crippen molar-refractivity contribution in [2.75, 3.05) is 6.54 Å². The molecule has 96 valence electrons. The quantitative estimate of drug-likeness (QED) is 0.226. The van der Waals surface area contributed by atoms with E-state index in [-0.39, 0.29) is 0 Å². The summed E-state index contributed by atoms with van der Waals surface area (Å²) in [7, 11) is 0. The van der Waals surface area contributed by atoms with Crippen LogP contribution >= 0.6 is 0 Å². The van der Waals surface area contributed by atoms with Crippen molar-refractivity contribution in [1.82, 2.24) is 10.7 Å². The van der Waals surface area contributed by atoms with Crippen LogP contribution in [0.5, 0.6) is 0 Å². The van der Waals surface area contributed by atoms with E-state index in [1.54, 1.807) is 0 Å². The number of aliphatic imine (C=N–C) groups is 1. The van der Waals surface area contributed by atoms with Gasteiger partial charge in [0.15, 0.2) is 0 Å².